The average molecular weight is 346 g/mol. The number of anilines is 1. The number of carbonyl (C=O) groups is 1. The van der Waals surface area contributed by atoms with Crippen molar-refractivity contribution in [2.45, 2.75) is 45.4 Å². The lowest BCUT2D eigenvalue weighted by atomic mass is 10.1. The smallest absolute Gasteiger partial charge is 0.224 e. The molecule has 0 bridgehead atoms. The number of benzene rings is 1. The van der Waals surface area contributed by atoms with Crippen molar-refractivity contribution in [2.75, 3.05) is 31.1 Å². The Kier molecular flexibility index (Phi) is 6.62. The monoisotopic (exact) mass is 346 g/mol. The lowest BCUT2D eigenvalue weighted by Gasteiger charge is -2.34. The molecule has 1 atom stereocenters. The standard InChI is InChI=1S/C20H30N2O3/c1-5-11-22-13-16-8-6-7-9-18(16)21(12-10-19(22)24)14-17(23)15-25-20(2,3)4/h5-9,17,23H,1,10-15H2,2-4H3. The van der Waals surface area contributed by atoms with Crippen LogP contribution in [0.3, 0.4) is 0 Å². The highest BCUT2D eigenvalue weighted by Gasteiger charge is 2.24. The summed E-state index contributed by atoms with van der Waals surface area (Å²) >= 11 is 0. The number of hydrogen-bond donors (Lipinski definition) is 1. The Balaban J connectivity index is 2.14. The molecule has 0 aromatic heterocycles. The first-order chi connectivity index (χ1) is 11.8. The number of amides is 1. The Hall–Kier alpha value is -1.85. The zero-order valence-electron chi connectivity index (χ0n) is 15.6. The summed E-state index contributed by atoms with van der Waals surface area (Å²) in [6.45, 7) is 12.1. The zero-order chi connectivity index (χ0) is 18.4. The van der Waals surface area contributed by atoms with Crippen molar-refractivity contribution in [1.29, 1.82) is 0 Å². The van der Waals surface area contributed by atoms with Gasteiger partial charge in [0.25, 0.3) is 0 Å². The number of rotatable bonds is 6. The van der Waals surface area contributed by atoms with E-state index < -0.39 is 6.10 Å². The van der Waals surface area contributed by atoms with E-state index in [0.29, 0.717) is 32.6 Å². The molecule has 1 aliphatic rings. The van der Waals surface area contributed by atoms with Gasteiger partial charge in [-0.05, 0) is 32.4 Å². The van der Waals surface area contributed by atoms with E-state index in [1.165, 1.54) is 0 Å². The molecular weight excluding hydrogens is 316 g/mol. The SMILES string of the molecule is C=CCN1Cc2ccccc2N(CC(O)COC(C)(C)C)CCC1=O. The van der Waals surface area contributed by atoms with Gasteiger partial charge in [0.1, 0.15) is 0 Å². The Morgan fingerprint density at radius 2 is 2.04 bits per heavy atom. The predicted molar refractivity (Wildman–Crippen MR) is 101 cm³/mol. The molecule has 2 rings (SSSR count). The molecule has 0 radical (unpaired) electrons. The summed E-state index contributed by atoms with van der Waals surface area (Å²) in [6, 6.07) is 8.06. The average Bonchev–Trinajstić information content (AvgIpc) is 2.55. The lowest BCUT2D eigenvalue weighted by Crippen LogP contribution is -2.42. The van der Waals surface area contributed by atoms with Crippen molar-refractivity contribution in [2.24, 2.45) is 0 Å². The van der Waals surface area contributed by atoms with E-state index in [1.807, 2.05) is 43.9 Å². The van der Waals surface area contributed by atoms with Gasteiger partial charge in [-0.25, -0.2) is 0 Å². The van der Waals surface area contributed by atoms with Crippen LogP contribution in [0.1, 0.15) is 32.8 Å². The molecule has 0 aliphatic carbocycles. The molecule has 1 aromatic rings. The molecular formula is C20H30N2O3. The molecule has 0 saturated heterocycles. The van der Waals surface area contributed by atoms with Crippen LogP contribution < -0.4 is 4.90 Å². The minimum atomic E-state index is -0.605. The maximum atomic E-state index is 12.4. The zero-order valence-corrected chi connectivity index (χ0v) is 15.6. The van der Waals surface area contributed by atoms with E-state index in [2.05, 4.69) is 17.5 Å². The number of hydrogen-bond acceptors (Lipinski definition) is 4. The second-order valence-corrected chi connectivity index (χ2v) is 7.46. The Morgan fingerprint density at radius 3 is 2.72 bits per heavy atom. The Morgan fingerprint density at radius 1 is 1.32 bits per heavy atom. The fourth-order valence-corrected chi connectivity index (χ4v) is 2.92. The van der Waals surface area contributed by atoms with Crippen molar-refractivity contribution < 1.29 is 14.6 Å². The van der Waals surface area contributed by atoms with Gasteiger partial charge in [0.15, 0.2) is 0 Å². The summed E-state index contributed by atoms with van der Waals surface area (Å²) in [5.74, 6) is 0.111. The van der Waals surface area contributed by atoms with Gasteiger partial charge in [-0.3, -0.25) is 4.79 Å². The van der Waals surface area contributed by atoms with Gasteiger partial charge in [-0.2, -0.15) is 0 Å². The maximum absolute atomic E-state index is 12.4. The predicted octanol–water partition coefficient (Wildman–Crippen LogP) is 2.59. The van der Waals surface area contributed by atoms with Crippen LogP contribution in [0.25, 0.3) is 0 Å². The molecule has 0 spiro atoms. The molecule has 1 aliphatic heterocycles. The molecule has 1 heterocycles. The van der Waals surface area contributed by atoms with Crippen LogP contribution in [0.5, 0.6) is 0 Å². The summed E-state index contributed by atoms with van der Waals surface area (Å²) < 4.78 is 5.68. The third kappa shape index (κ3) is 5.87. The van der Waals surface area contributed by atoms with E-state index in [0.717, 1.165) is 11.3 Å². The highest BCUT2D eigenvalue weighted by atomic mass is 16.5. The fourth-order valence-electron chi connectivity index (χ4n) is 2.92. The van der Waals surface area contributed by atoms with Gasteiger partial charge in [0.05, 0.1) is 18.3 Å². The van der Waals surface area contributed by atoms with Crippen molar-refractivity contribution in [1.82, 2.24) is 4.90 Å². The second kappa shape index (κ2) is 8.50. The van der Waals surface area contributed by atoms with Crippen molar-refractivity contribution >= 4 is 11.6 Å². The highest BCUT2D eigenvalue weighted by molar-refractivity contribution is 5.78. The quantitative estimate of drug-likeness (QED) is 0.805. The molecule has 25 heavy (non-hydrogen) atoms. The van der Waals surface area contributed by atoms with Gasteiger partial charge >= 0.3 is 0 Å². The minimum absolute atomic E-state index is 0.111. The molecule has 138 valence electrons. The van der Waals surface area contributed by atoms with Crippen LogP contribution >= 0.6 is 0 Å². The van der Waals surface area contributed by atoms with Gasteiger partial charge in [0.2, 0.25) is 5.91 Å². The molecule has 1 aromatic carbocycles. The first-order valence-corrected chi connectivity index (χ1v) is 8.83. The largest absolute Gasteiger partial charge is 0.389 e. The number of aliphatic hydroxyl groups excluding tert-OH is 1. The maximum Gasteiger partial charge on any atom is 0.224 e. The minimum Gasteiger partial charge on any atom is -0.389 e. The van der Waals surface area contributed by atoms with Crippen LogP contribution in [0.2, 0.25) is 0 Å². The van der Waals surface area contributed by atoms with Crippen LogP contribution in [0.15, 0.2) is 36.9 Å². The van der Waals surface area contributed by atoms with E-state index in [4.69, 9.17) is 4.74 Å². The van der Waals surface area contributed by atoms with Gasteiger partial charge < -0.3 is 19.6 Å². The number of aliphatic hydroxyl groups is 1. The number of β-amino-alcohol motifs (C(OH)–C–C–N with tert-alkyl or cyclic N) is 1. The van der Waals surface area contributed by atoms with Gasteiger partial charge in [-0.1, -0.05) is 24.3 Å². The van der Waals surface area contributed by atoms with Gasteiger partial charge in [0, 0.05) is 38.3 Å². The molecule has 0 fully saturated rings. The third-order valence-electron chi connectivity index (χ3n) is 4.13. The second-order valence-electron chi connectivity index (χ2n) is 7.46. The third-order valence-corrected chi connectivity index (χ3v) is 4.13. The Labute approximate surface area is 150 Å². The van der Waals surface area contributed by atoms with Crippen LogP contribution in [-0.4, -0.2) is 53.9 Å². The highest BCUT2D eigenvalue weighted by Crippen LogP contribution is 2.25. The lowest BCUT2D eigenvalue weighted by molar-refractivity contribution is -0.131. The van der Waals surface area contributed by atoms with Crippen LogP contribution in [0, 0.1) is 0 Å². The molecule has 5 nitrogen and oxygen atoms in total. The van der Waals surface area contributed by atoms with E-state index in [-0.39, 0.29) is 18.1 Å². The van der Waals surface area contributed by atoms with Crippen molar-refractivity contribution in [3.8, 4) is 0 Å². The van der Waals surface area contributed by atoms with E-state index >= 15 is 0 Å². The first kappa shape index (κ1) is 19.5. The molecule has 1 N–H and O–H groups in total. The summed E-state index contributed by atoms with van der Waals surface area (Å²) in [5.41, 5.74) is 1.87. The number of nitrogens with zero attached hydrogens (tertiary/aromatic N) is 2. The first-order valence-electron chi connectivity index (χ1n) is 8.83. The van der Waals surface area contributed by atoms with Crippen LogP contribution in [0.4, 0.5) is 5.69 Å². The molecule has 5 heteroatoms. The number of ether oxygens (including phenoxy) is 1. The number of para-hydroxylation sites is 1. The van der Waals surface area contributed by atoms with Crippen LogP contribution in [-0.2, 0) is 16.1 Å². The molecule has 0 saturated carbocycles. The number of carbonyl (C=O) groups excluding carboxylic acids is 1. The van der Waals surface area contributed by atoms with Crippen molar-refractivity contribution in [3.05, 3.63) is 42.5 Å². The van der Waals surface area contributed by atoms with Crippen molar-refractivity contribution in [3.63, 3.8) is 0 Å². The topological polar surface area (TPSA) is 53.0 Å². The van der Waals surface area contributed by atoms with Gasteiger partial charge in [-0.15, -0.1) is 6.58 Å². The number of fused-ring (bicyclic) bond motifs is 1. The van der Waals surface area contributed by atoms with E-state index in [9.17, 15) is 9.90 Å². The fraction of sp³-hybridized carbons (Fsp3) is 0.550. The molecule has 1 amide bonds. The summed E-state index contributed by atoms with van der Waals surface area (Å²) in [6.07, 6.45) is 1.58. The van der Waals surface area contributed by atoms with E-state index in [1.54, 1.807) is 6.08 Å². The normalized spacial score (nSPS) is 16.9. The summed E-state index contributed by atoms with van der Waals surface area (Å²) in [5, 5.41) is 10.4. The summed E-state index contributed by atoms with van der Waals surface area (Å²) in [4.78, 5) is 16.3. The summed E-state index contributed by atoms with van der Waals surface area (Å²) in [7, 11) is 0. The Bertz CT molecular complexity index is 595. The molecule has 1 unspecified atom stereocenters.